The number of rotatable bonds is 6. The van der Waals surface area contributed by atoms with Crippen molar-refractivity contribution in [3.8, 4) is 23.6 Å². The van der Waals surface area contributed by atoms with Gasteiger partial charge in [0.25, 0.3) is 0 Å². The van der Waals surface area contributed by atoms with E-state index in [0.717, 1.165) is 68.0 Å². The number of ether oxygens (including phenoxy) is 1. The summed E-state index contributed by atoms with van der Waals surface area (Å²) < 4.78 is 12.4. The van der Waals surface area contributed by atoms with Crippen LogP contribution in [0.2, 0.25) is 0 Å². The van der Waals surface area contributed by atoms with Gasteiger partial charge in [0.05, 0.1) is 11.0 Å². The highest BCUT2D eigenvalue weighted by molar-refractivity contribution is 7.16. The zero-order valence-corrected chi connectivity index (χ0v) is 25.4. The molecule has 2 saturated heterocycles. The Morgan fingerprint density at radius 2 is 2.10 bits per heavy atom. The third-order valence-corrected chi connectivity index (χ3v) is 11.0. The monoisotopic (exact) mass is 589 g/mol. The Kier molecular flexibility index (Phi) is 7.07. The second-order valence-electron chi connectivity index (χ2n) is 12.5. The molecule has 5 atom stereocenters. The van der Waals surface area contributed by atoms with Gasteiger partial charge in [0.15, 0.2) is 0 Å². The molecule has 222 valence electrons. The molecule has 11 nitrogen and oxygen atoms in total. The number of thiophene rings is 1. The van der Waals surface area contributed by atoms with E-state index in [0.29, 0.717) is 52.1 Å². The number of nitrogens with zero attached hydrogens (tertiary/aromatic N) is 7. The van der Waals surface area contributed by atoms with Crippen LogP contribution in [0.25, 0.3) is 11.5 Å². The van der Waals surface area contributed by atoms with Crippen LogP contribution in [-0.2, 0) is 11.8 Å². The predicted molar refractivity (Wildman–Crippen MR) is 161 cm³/mol. The van der Waals surface area contributed by atoms with Gasteiger partial charge in [-0.3, -0.25) is 4.90 Å². The van der Waals surface area contributed by atoms with Crippen LogP contribution in [0.1, 0.15) is 80.7 Å². The lowest BCUT2D eigenvalue weighted by Crippen LogP contribution is -2.55. The molecule has 7 rings (SSSR count). The van der Waals surface area contributed by atoms with Gasteiger partial charge in [0.1, 0.15) is 28.7 Å². The predicted octanol–water partition coefficient (Wildman–Crippen LogP) is 3.88. The van der Waals surface area contributed by atoms with Crippen molar-refractivity contribution >= 4 is 22.2 Å². The Labute approximate surface area is 250 Å². The van der Waals surface area contributed by atoms with Crippen LogP contribution in [0.4, 0.5) is 10.8 Å². The Bertz CT molecular complexity index is 1510. The topological polar surface area (TPSA) is 142 Å². The smallest absolute Gasteiger partial charge is 0.319 e. The van der Waals surface area contributed by atoms with E-state index >= 15 is 0 Å². The summed E-state index contributed by atoms with van der Waals surface area (Å²) in [7, 11) is 2.15. The van der Waals surface area contributed by atoms with Crippen LogP contribution in [0.15, 0.2) is 10.6 Å². The molecule has 0 radical (unpaired) electrons. The average molecular weight is 590 g/mol. The van der Waals surface area contributed by atoms with E-state index in [9.17, 15) is 5.26 Å². The van der Waals surface area contributed by atoms with E-state index in [2.05, 4.69) is 47.2 Å². The Morgan fingerprint density at radius 3 is 2.90 bits per heavy atom. The van der Waals surface area contributed by atoms with Gasteiger partial charge in [-0.25, -0.2) is 0 Å². The van der Waals surface area contributed by atoms with Crippen LogP contribution in [0.5, 0.6) is 6.01 Å². The summed E-state index contributed by atoms with van der Waals surface area (Å²) in [5, 5.41) is 18.6. The maximum Gasteiger partial charge on any atom is 0.319 e. The number of fused-ring (bicyclic) bond motifs is 2. The number of nitrogen functional groups attached to an aromatic ring is 1. The molecule has 3 aromatic heterocycles. The largest absolute Gasteiger partial charge is 0.459 e. The number of likely N-dealkylation sites (N-methyl/N-ethyl adjacent to an activating group) is 1. The SMILES string of the molecule is C[C@H](Oc1nc(-c2noc([C@@]3(C)CCCc4sc(N)c(C#N)c43)n2)cc(N2CCNC3CCCC32)n1)[C@@H]1CCCN1C. The summed E-state index contributed by atoms with van der Waals surface area (Å²) in [6.07, 6.45) is 8.38. The zero-order valence-electron chi connectivity index (χ0n) is 24.6. The minimum absolute atomic E-state index is 0.0586. The number of anilines is 2. The molecule has 12 heteroatoms. The van der Waals surface area contributed by atoms with Crippen molar-refractivity contribution in [3.63, 3.8) is 0 Å². The average Bonchev–Trinajstić information content (AvgIpc) is 3.78. The van der Waals surface area contributed by atoms with E-state index in [1.807, 2.05) is 6.07 Å². The fourth-order valence-corrected chi connectivity index (χ4v) is 8.93. The fraction of sp³-hybridized carbons (Fsp3) is 0.633. The van der Waals surface area contributed by atoms with Crippen molar-refractivity contribution in [1.29, 1.82) is 5.26 Å². The number of hydrogen-bond acceptors (Lipinski definition) is 12. The number of aromatic nitrogens is 4. The molecule has 3 aromatic rings. The van der Waals surface area contributed by atoms with Gasteiger partial charge in [-0.15, -0.1) is 11.3 Å². The maximum atomic E-state index is 9.91. The van der Waals surface area contributed by atoms with Gasteiger partial charge in [-0.1, -0.05) is 5.16 Å². The minimum atomic E-state index is -0.593. The molecule has 2 aliphatic carbocycles. The summed E-state index contributed by atoms with van der Waals surface area (Å²) in [6.45, 7) is 7.04. The second kappa shape index (κ2) is 10.8. The molecule has 1 saturated carbocycles. The number of aryl methyl sites for hydroxylation is 1. The van der Waals surface area contributed by atoms with Crippen LogP contribution in [-0.4, -0.2) is 75.9 Å². The van der Waals surface area contributed by atoms with E-state index in [-0.39, 0.29) is 6.10 Å². The molecule has 0 aromatic carbocycles. The number of nitrogens with one attached hydrogen (secondary N) is 1. The van der Waals surface area contributed by atoms with Crippen molar-refractivity contribution in [1.82, 2.24) is 30.3 Å². The van der Waals surface area contributed by atoms with Crippen molar-refractivity contribution in [3.05, 3.63) is 28.0 Å². The molecule has 0 amide bonds. The number of piperazine rings is 1. The van der Waals surface area contributed by atoms with Crippen molar-refractivity contribution in [2.24, 2.45) is 0 Å². The van der Waals surface area contributed by atoms with E-state index in [1.165, 1.54) is 30.6 Å². The lowest BCUT2D eigenvalue weighted by Gasteiger charge is -2.39. The van der Waals surface area contributed by atoms with Gasteiger partial charge in [-0.05, 0) is 78.8 Å². The van der Waals surface area contributed by atoms with Gasteiger partial charge < -0.3 is 25.2 Å². The maximum absolute atomic E-state index is 9.91. The summed E-state index contributed by atoms with van der Waals surface area (Å²) in [6, 6.07) is 5.83. The lowest BCUT2D eigenvalue weighted by molar-refractivity contribution is 0.112. The number of likely N-dealkylation sites (tertiary alicyclic amines) is 1. The van der Waals surface area contributed by atoms with Crippen molar-refractivity contribution in [2.45, 2.75) is 94.9 Å². The van der Waals surface area contributed by atoms with Crippen LogP contribution in [0, 0.1) is 11.3 Å². The summed E-state index contributed by atoms with van der Waals surface area (Å²) >= 11 is 1.50. The van der Waals surface area contributed by atoms with E-state index < -0.39 is 5.41 Å². The van der Waals surface area contributed by atoms with E-state index in [4.69, 9.17) is 29.9 Å². The summed E-state index contributed by atoms with van der Waals surface area (Å²) in [5.41, 5.74) is 7.70. The molecular weight excluding hydrogens is 550 g/mol. The quantitative estimate of drug-likeness (QED) is 0.432. The molecule has 42 heavy (non-hydrogen) atoms. The lowest BCUT2D eigenvalue weighted by atomic mass is 9.72. The molecular formula is C30H39N9O2S. The fourth-order valence-electron chi connectivity index (χ4n) is 7.73. The Morgan fingerprint density at radius 1 is 1.21 bits per heavy atom. The highest BCUT2D eigenvalue weighted by Crippen LogP contribution is 2.48. The van der Waals surface area contributed by atoms with Crippen molar-refractivity contribution in [2.75, 3.05) is 37.3 Å². The third kappa shape index (κ3) is 4.62. The Hall–Kier alpha value is -3.27. The second-order valence-corrected chi connectivity index (χ2v) is 13.7. The molecule has 0 bridgehead atoms. The Balaban J connectivity index is 1.26. The molecule has 3 fully saturated rings. The highest BCUT2D eigenvalue weighted by Gasteiger charge is 2.43. The molecule has 5 heterocycles. The normalized spacial score (nSPS) is 28.3. The molecule has 2 unspecified atom stereocenters. The van der Waals surface area contributed by atoms with Crippen LogP contribution < -0.4 is 20.7 Å². The van der Waals surface area contributed by atoms with E-state index in [1.54, 1.807) is 0 Å². The molecule has 3 N–H and O–H groups in total. The molecule has 0 spiro atoms. The van der Waals surface area contributed by atoms with Gasteiger partial charge in [0.2, 0.25) is 11.7 Å². The van der Waals surface area contributed by atoms with Gasteiger partial charge in [-0.2, -0.15) is 20.2 Å². The first-order valence-corrected chi connectivity index (χ1v) is 16.1. The van der Waals surface area contributed by atoms with Crippen LogP contribution >= 0.6 is 11.3 Å². The zero-order chi connectivity index (χ0) is 29.0. The van der Waals surface area contributed by atoms with Crippen molar-refractivity contribution < 1.29 is 9.26 Å². The summed E-state index contributed by atoms with van der Waals surface area (Å²) in [5.74, 6) is 1.72. The number of nitrogens with two attached hydrogens (primary N) is 1. The molecule has 2 aliphatic heterocycles. The number of nitriles is 1. The number of hydrogen-bond donors (Lipinski definition) is 2. The first-order valence-electron chi connectivity index (χ1n) is 15.3. The molecule has 4 aliphatic rings. The van der Waals surface area contributed by atoms with Crippen LogP contribution in [0.3, 0.4) is 0 Å². The minimum Gasteiger partial charge on any atom is -0.459 e. The highest BCUT2D eigenvalue weighted by atomic mass is 32.1. The van der Waals surface area contributed by atoms with Gasteiger partial charge >= 0.3 is 6.01 Å². The standard InChI is InChI=1S/C30H39N9O2S/c1-17(21-9-6-13-38(21)3)40-29-34-20(15-24(35-29)39-14-12-33-19-7-4-8-22(19)39)27-36-28(41-37-27)30(2)11-5-10-23-25(30)18(16-31)26(32)42-23/h15,17,19,21-22,33H,4-14,32H2,1-3H3/t17-,19?,21-,22?,30-/m0/s1. The summed E-state index contributed by atoms with van der Waals surface area (Å²) in [4.78, 5) is 20.6. The first kappa shape index (κ1) is 27.6. The first-order chi connectivity index (χ1) is 20.4. The van der Waals surface area contributed by atoms with Gasteiger partial charge in [0, 0.05) is 47.7 Å². The third-order valence-electron chi connectivity index (χ3n) is 9.92.